The van der Waals surface area contributed by atoms with E-state index in [0.717, 1.165) is 5.56 Å². The Morgan fingerprint density at radius 3 is 2.54 bits per heavy atom. The van der Waals surface area contributed by atoms with Crippen LogP contribution >= 0.6 is 11.6 Å². The fourth-order valence-corrected chi connectivity index (χ4v) is 1.25. The second-order valence-corrected chi connectivity index (χ2v) is 2.82. The Labute approximate surface area is 80.4 Å². The molecule has 0 radical (unpaired) electrons. The standard InChI is InChI=1S/C9H6ClN3/c10-9-8(11-6-12-13-9)7-4-2-1-3-5-7/h1-6H. The van der Waals surface area contributed by atoms with Crippen molar-refractivity contribution in [3.8, 4) is 11.3 Å². The van der Waals surface area contributed by atoms with Crippen molar-refractivity contribution in [3.63, 3.8) is 0 Å². The molecule has 0 N–H and O–H groups in total. The maximum Gasteiger partial charge on any atom is 0.177 e. The van der Waals surface area contributed by atoms with E-state index in [1.807, 2.05) is 30.3 Å². The first-order valence-electron chi connectivity index (χ1n) is 3.76. The maximum atomic E-state index is 5.82. The van der Waals surface area contributed by atoms with Gasteiger partial charge in [0.2, 0.25) is 0 Å². The molecule has 1 aromatic carbocycles. The number of rotatable bonds is 1. The number of halogens is 1. The monoisotopic (exact) mass is 191 g/mol. The molecule has 13 heavy (non-hydrogen) atoms. The lowest BCUT2D eigenvalue weighted by molar-refractivity contribution is 0.974. The van der Waals surface area contributed by atoms with Gasteiger partial charge in [-0.3, -0.25) is 0 Å². The van der Waals surface area contributed by atoms with Crippen LogP contribution in [0.4, 0.5) is 0 Å². The van der Waals surface area contributed by atoms with Crippen LogP contribution in [-0.4, -0.2) is 15.2 Å². The number of nitrogens with zero attached hydrogens (tertiary/aromatic N) is 3. The summed E-state index contributed by atoms with van der Waals surface area (Å²) in [5.74, 6) is 0. The molecule has 0 saturated carbocycles. The zero-order chi connectivity index (χ0) is 9.10. The van der Waals surface area contributed by atoms with E-state index in [9.17, 15) is 0 Å². The van der Waals surface area contributed by atoms with Crippen LogP contribution < -0.4 is 0 Å². The largest absolute Gasteiger partial charge is 0.231 e. The highest BCUT2D eigenvalue weighted by atomic mass is 35.5. The molecule has 0 spiro atoms. The summed E-state index contributed by atoms with van der Waals surface area (Å²) in [5.41, 5.74) is 1.61. The van der Waals surface area contributed by atoms with Crippen molar-refractivity contribution in [2.45, 2.75) is 0 Å². The summed E-state index contributed by atoms with van der Waals surface area (Å²) in [5, 5.41) is 7.61. The van der Waals surface area contributed by atoms with Crippen molar-refractivity contribution in [1.29, 1.82) is 0 Å². The van der Waals surface area contributed by atoms with Gasteiger partial charge in [-0.1, -0.05) is 41.9 Å². The number of hydrogen-bond acceptors (Lipinski definition) is 3. The first-order chi connectivity index (χ1) is 6.38. The number of hydrogen-bond donors (Lipinski definition) is 0. The van der Waals surface area contributed by atoms with Crippen molar-refractivity contribution in [2.75, 3.05) is 0 Å². The van der Waals surface area contributed by atoms with Crippen LogP contribution in [0.25, 0.3) is 11.3 Å². The smallest absolute Gasteiger partial charge is 0.177 e. The van der Waals surface area contributed by atoms with Crippen LogP contribution in [0.3, 0.4) is 0 Å². The van der Waals surface area contributed by atoms with Gasteiger partial charge >= 0.3 is 0 Å². The lowest BCUT2D eigenvalue weighted by Gasteiger charge is -1.99. The van der Waals surface area contributed by atoms with Gasteiger partial charge in [-0.2, -0.15) is 0 Å². The predicted molar refractivity (Wildman–Crippen MR) is 50.3 cm³/mol. The Morgan fingerprint density at radius 2 is 1.85 bits per heavy atom. The average Bonchev–Trinajstić information content (AvgIpc) is 2.20. The van der Waals surface area contributed by atoms with Crippen molar-refractivity contribution in [1.82, 2.24) is 15.2 Å². The van der Waals surface area contributed by atoms with E-state index >= 15 is 0 Å². The summed E-state index contributed by atoms with van der Waals surface area (Å²) < 4.78 is 0. The molecule has 0 unspecified atom stereocenters. The summed E-state index contributed by atoms with van der Waals surface area (Å²) in [4.78, 5) is 4.04. The summed E-state index contributed by atoms with van der Waals surface area (Å²) >= 11 is 5.82. The molecule has 0 aliphatic rings. The van der Waals surface area contributed by atoms with Crippen molar-refractivity contribution in [3.05, 3.63) is 41.8 Å². The summed E-state index contributed by atoms with van der Waals surface area (Å²) in [6.45, 7) is 0. The second-order valence-electron chi connectivity index (χ2n) is 2.47. The van der Waals surface area contributed by atoms with Crippen molar-refractivity contribution in [2.24, 2.45) is 0 Å². The van der Waals surface area contributed by atoms with Gasteiger partial charge in [-0.25, -0.2) is 4.98 Å². The van der Waals surface area contributed by atoms with Crippen LogP contribution in [-0.2, 0) is 0 Å². The van der Waals surface area contributed by atoms with Crippen LogP contribution in [0.15, 0.2) is 36.7 Å². The van der Waals surface area contributed by atoms with Gasteiger partial charge in [0.1, 0.15) is 12.0 Å². The number of benzene rings is 1. The maximum absolute atomic E-state index is 5.82. The Balaban J connectivity index is 2.54. The van der Waals surface area contributed by atoms with E-state index in [1.165, 1.54) is 6.33 Å². The topological polar surface area (TPSA) is 38.7 Å². The minimum Gasteiger partial charge on any atom is -0.231 e. The third-order valence-corrected chi connectivity index (χ3v) is 1.88. The molecular formula is C9H6ClN3. The van der Waals surface area contributed by atoms with E-state index in [0.29, 0.717) is 10.8 Å². The van der Waals surface area contributed by atoms with Crippen LogP contribution in [0, 0.1) is 0 Å². The summed E-state index contributed by atoms with van der Waals surface area (Å²) in [6, 6.07) is 9.64. The highest BCUT2D eigenvalue weighted by molar-refractivity contribution is 6.31. The minimum atomic E-state index is 0.328. The lowest BCUT2D eigenvalue weighted by Crippen LogP contribution is -1.89. The average molecular weight is 192 g/mol. The molecule has 0 aliphatic heterocycles. The molecular weight excluding hydrogens is 186 g/mol. The molecule has 0 aliphatic carbocycles. The van der Waals surface area contributed by atoms with E-state index in [-0.39, 0.29) is 0 Å². The van der Waals surface area contributed by atoms with Gasteiger partial charge < -0.3 is 0 Å². The first-order valence-corrected chi connectivity index (χ1v) is 4.14. The van der Waals surface area contributed by atoms with Crippen molar-refractivity contribution >= 4 is 11.6 Å². The van der Waals surface area contributed by atoms with Crippen LogP contribution in [0.5, 0.6) is 0 Å². The molecule has 3 nitrogen and oxygen atoms in total. The third-order valence-electron chi connectivity index (χ3n) is 1.63. The van der Waals surface area contributed by atoms with Gasteiger partial charge in [0, 0.05) is 5.56 Å². The van der Waals surface area contributed by atoms with Gasteiger partial charge in [0.05, 0.1) is 0 Å². The molecule has 0 bridgehead atoms. The minimum absolute atomic E-state index is 0.328. The van der Waals surface area contributed by atoms with E-state index in [4.69, 9.17) is 11.6 Å². The molecule has 0 fully saturated rings. The molecule has 1 heterocycles. The number of aromatic nitrogens is 3. The van der Waals surface area contributed by atoms with Crippen molar-refractivity contribution < 1.29 is 0 Å². The molecule has 1 aromatic heterocycles. The molecule has 0 saturated heterocycles. The van der Waals surface area contributed by atoms with Gasteiger partial charge in [-0.15, -0.1) is 10.2 Å². The van der Waals surface area contributed by atoms with Gasteiger partial charge in [0.15, 0.2) is 5.15 Å². The van der Waals surface area contributed by atoms with Crippen LogP contribution in [0.1, 0.15) is 0 Å². The molecule has 2 rings (SSSR count). The molecule has 0 atom stereocenters. The Hall–Kier alpha value is -1.48. The summed E-state index contributed by atoms with van der Waals surface area (Å²) in [6.07, 6.45) is 1.38. The highest BCUT2D eigenvalue weighted by Crippen LogP contribution is 2.21. The molecule has 64 valence electrons. The third kappa shape index (κ3) is 1.65. The molecule has 2 aromatic rings. The Morgan fingerprint density at radius 1 is 1.08 bits per heavy atom. The van der Waals surface area contributed by atoms with E-state index < -0.39 is 0 Å². The highest BCUT2D eigenvalue weighted by Gasteiger charge is 2.04. The Kier molecular flexibility index (Phi) is 2.19. The van der Waals surface area contributed by atoms with Gasteiger partial charge in [0.25, 0.3) is 0 Å². The second kappa shape index (κ2) is 3.49. The zero-order valence-corrected chi connectivity index (χ0v) is 7.44. The first kappa shape index (κ1) is 8.13. The van der Waals surface area contributed by atoms with Gasteiger partial charge in [-0.05, 0) is 0 Å². The fourth-order valence-electron chi connectivity index (χ4n) is 1.05. The summed E-state index contributed by atoms with van der Waals surface area (Å²) in [7, 11) is 0. The SMILES string of the molecule is Clc1nncnc1-c1ccccc1. The Bertz CT molecular complexity index is 403. The zero-order valence-electron chi connectivity index (χ0n) is 6.68. The fraction of sp³-hybridized carbons (Fsp3) is 0. The molecule has 4 heteroatoms. The van der Waals surface area contributed by atoms with E-state index in [1.54, 1.807) is 0 Å². The lowest BCUT2D eigenvalue weighted by atomic mass is 10.2. The quantitative estimate of drug-likeness (QED) is 0.694. The van der Waals surface area contributed by atoms with E-state index in [2.05, 4.69) is 15.2 Å². The predicted octanol–water partition coefficient (Wildman–Crippen LogP) is 2.19. The molecule has 0 amide bonds. The normalized spacial score (nSPS) is 9.92. The van der Waals surface area contributed by atoms with Crippen LogP contribution in [0.2, 0.25) is 5.15 Å².